The highest BCUT2D eigenvalue weighted by molar-refractivity contribution is 5.17. The predicted octanol–water partition coefficient (Wildman–Crippen LogP) is 2.00. The zero-order valence-corrected chi connectivity index (χ0v) is 10.4. The van der Waals surface area contributed by atoms with Crippen LogP contribution in [-0.2, 0) is 9.47 Å². The molecule has 4 nitrogen and oxygen atoms in total. The first-order chi connectivity index (χ1) is 8.25. The van der Waals surface area contributed by atoms with Gasteiger partial charge in [0, 0.05) is 11.8 Å². The van der Waals surface area contributed by atoms with E-state index in [1.54, 1.807) is 0 Å². The summed E-state index contributed by atoms with van der Waals surface area (Å²) in [4.78, 5) is 4.44. The highest BCUT2D eigenvalue weighted by atomic mass is 16.6. The van der Waals surface area contributed by atoms with Gasteiger partial charge in [0.05, 0.1) is 19.8 Å². The Morgan fingerprint density at radius 1 is 1.41 bits per heavy atom. The molecule has 4 heteroatoms. The summed E-state index contributed by atoms with van der Waals surface area (Å²) in [6.45, 7) is 6.65. The van der Waals surface area contributed by atoms with Gasteiger partial charge in [0.15, 0.2) is 0 Å². The van der Waals surface area contributed by atoms with Crippen molar-refractivity contribution in [1.29, 1.82) is 0 Å². The molecule has 0 bridgehead atoms. The molecule has 2 rings (SSSR count). The maximum atomic E-state index is 5.62. The third-order valence-electron chi connectivity index (χ3n) is 2.64. The lowest BCUT2D eigenvalue weighted by Crippen LogP contribution is -2.33. The molecule has 1 aromatic rings. The molecular formula is C13H19NO3. The van der Waals surface area contributed by atoms with Crippen molar-refractivity contribution in [2.24, 2.45) is 0 Å². The summed E-state index contributed by atoms with van der Waals surface area (Å²) in [6, 6.07) is 5.85. The molecule has 0 aliphatic carbocycles. The van der Waals surface area contributed by atoms with Crippen LogP contribution in [0.15, 0.2) is 18.2 Å². The number of ether oxygens (including phenoxy) is 3. The lowest BCUT2D eigenvalue weighted by Gasteiger charge is -2.22. The summed E-state index contributed by atoms with van der Waals surface area (Å²) in [7, 11) is 0. The summed E-state index contributed by atoms with van der Waals surface area (Å²) in [5.74, 6) is 1.07. The molecule has 1 aromatic heterocycles. The summed E-state index contributed by atoms with van der Waals surface area (Å²) in [6.07, 6.45) is 0.0215. The minimum absolute atomic E-state index is 0.0215. The molecule has 0 N–H and O–H groups in total. The van der Waals surface area contributed by atoms with Gasteiger partial charge in [-0.3, -0.25) is 0 Å². The Labute approximate surface area is 102 Å². The van der Waals surface area contributed by atoms with Gasteiger partial charge in [-0.05, 0) is 12.0 Å². The molecular weight excluding hydrogens is 218 g/mol. The van der Waals surface area contributed by atoms with E-state index in [0.29, 0.717) is 38.2 Å². The molecule has 0 spiro atoms. The molecule has 1 fully saturated rings. The van der Waals surface area contributed by atoms with Crippen LogP contribution >= 0.6 is 0 Å². The first kappa shape index (κ1) is 12.3. The van der Waals surface area contributed by atoms with Crippen LogP contribution in [-0.4, -0.2) is 37.5 Å². The van der Waals surface area contributed by atoms with Crippen molar-refractivity contribution < 1.29 is 14.2 Å². The maximum absolute atomic E-state index is 5.62. The Balaban J connectivity index is 1.87. The van der Waals surface area contributed by atoms with Crippen molar-refractivity contribution in [2.45, 2.75) is 25.9 Å². The Bertz CT molecular complexity index is 348. The first-order valence-electron chi connectivity index (χ1n) is 6.05. The molecule has 0 radical (unpaired) electrons. The average molecular weight is 237 g/mol. The third kappa shape index (κ3) is 3.68. The lowest BCUT2D eigenvalue weighted by atomic mass is 10.1. The van der Waals surface area contributed by atoms with Gasteiger partial charge < -0.3 is 14.2 Å². The fourth-order valence-electron chi connectivity index (χ4n) is 1.64. The highest BCUT2D eigenvalue weighted by Crippen LogP contribution is 2.15. The summed E-state index contributed by atoms with van der Waals surface area (Å²) in [5, 5.41) is 0. The third-order valence-corrected chi connectivity index (χ3v) is 2.64. The van der Waals surface area contributed by atoms with Crippen LogP contribution in [0.3, 0.4) is 0 Å². The van der Waals surface area contributed by atoms with Gasteiger partial charge in [-0.25, -0.2) is 4.98 Å². The van der Waals surface area contributed by atoms with Gasteiger partial charge in [-0.15, -0.1) is 0 Å². The van der Waals surface area contributed by atoms with E-state index in [4.69, 9.17) is 14.2 Å². The first-order valence-corrected chi connectivity index (χ1v) is 6.05. The van der Waals surface area contributed by atoms with E-state index in [1.165, 1.54) is 0 Å². The van der Waals surface area contributed by atoms with Gasteiger partial charge in [-0.2, -0.15) is 0 Å². The van der Waals surface area contributed by atoms with Crippen molar-refractivity contribution in [1.82, 2.24) is 4.98 Å². The summed E-state index contributed by atoms with van der Waals surface area (Å²) < 4.78 is 16.4. The Hall–Kier alpha value is -1.13. The van der Waals surface area contributed by atoms with Crippen molar-refractivity contribution in [3.8, 4) is 5.88 Å². The van der Waals surface area contributed by atoms with Gasteiger partial charge >= 0.3 is 0 Å². The molecule has 2 heterocycles. The number of rotatable bonds is 4. The van der Waals surface area contributed by atoms with Gasteiger partial charge in [-0.1, -0.05) is 19.9 Å². The zero-order valence-electron chi connectivity index (χ0n) is 10.4. The number of hydrogen-bond donors (Lipinski definition) is 0. The quantitative estimate of drug-likeness (QED) is 0.803. The van der Waals surface area contributed by atoms with Crippen LogP contribution < -0.4 is 4.74 Å². The van der Waals surface area contributed by atoms with E-state index in [0.717, 1.165) is 5.69 Å². The standard InChI is InChI=1S/C13H19NO3/c1-10(2)12-4-3-5-13(14-12)17-9-11-8-15-6-7-16-11/h3-5,10-11H,6-9H2,1-2H3/t11-/m1/s1. The van der Waals surface area contributed by atoms with E-state index in [9.17, 15) is 0 Å². The molecule has 0 aromatic carbocycles. The number of nitrogens with zero attached hydrogens (tertiary/aromatic N) is 1. The Morgan fingerprint density at radius 2 is 2.29 bits per heavy atom. The number of pyridine rings is 1. The van der Waals surface area contributed by atoms with E-state index < -0.39 is 0 Å². The minimum atomic E-state index is 0.0215. The second-order valence-electron chi connectivity index (χ2n) is 4.43. The van der Waals surface area contributed by atoms with E-state index in [-0.39, 0.29) is 6.10 Å². The molecule has 1 aliphatic heterocycles. The largest absolute Gasteiger partial charge is 0.475 e. The molecule has 0 amide bonds. The van der Waals surface area contributed by atoms with Crippen LogP contribution in [0.2, 0.25) is 0 Å². The molecule has 0 unspecified atom stereocenters. The van der Waals surface area contributed by atoms with Crippen LogP contribution in [0.4, 0.5) is 0 Å². The van der Waals surface area contributed by atoms with Gasteiger partial charge in [0.2, 0.25) is 5.88 Å². The number of aromatic nitrogens is 1. The van der Waals surface area contributed by atoms with E-state index in [1.807, 2.05) is 18.2 Å². The van der Waals surface area contributed by atoms with E-state index in [2.05, 4.69) is 18.8 Å². The molecule has 1 saturated heterocycles. The molecule has 94 valence electrons. The fourth-order valence-corrected chi connectivity index (χ4v) is 1.64. The monoisotopic (exact) mass is 237 g/mol. The molecule has 17 heavy (non-hydrogen) atoms. The second-order valence-corrected chi connectivity index (χ2v) is 4.43. The molecule has 0 saturated carbocycles. The predicted molar refractivity (Wildman–Crippen MR) is 64.4 cm³/mol. The topological polar surface area (TPSA) is 40.6 Å². The van der Waals surface area contributed by atoms with Crippen LogP contribution in [0, 0.1) is 0 Å². The van der Waals surface area contributed by atoms with Gasteiger partial charge in [0.25, 0.3) is 0 Å². The Morgan fingerprint density at radius 3 is 3.00 bits per heavy atom. The molecule has 1 atom stereocenters. The van der Waals surface area contributed by atoms with E-state index >= 15 is 0 Å². The van der Waals surface area contributed by atoms with Crippen molar-refractivity contribution in [3.63, 3.8) is 0 Å². The molecule has 1 aliphatic rings. The SMILES string of the molecule is CC(C)c1cccc(OC[C@H]2COCCO2)n1. The van der Waals surface area contributed by atoms with Crippen molar-refractivity contribution >= 4 is 0 Å². The highest BCUT2D eigenvalue weighted by Gasteiger charge is 2.15. The second kappa shape index (κ2) is 5.98. The Kier molecular flexibility index (Phi) is 4.34. The normalized spacial score (nSPS) is 20.5. The van der Waals surface area contributed by atoms with Crippen LogP contribution in [0.25, 0.3) is 0 Å². The smallest absolute Gasteiger partial charge is 0.213 e. The van der Waals surface area contributed by atoms with Gasteiger partial charge in [0.1, 0.15) is 12.7 Å². The lowest BCUT2D eigenvalue weighted by molar-refractivity contribution is -0.102. The van der Waals surface area contributed by atoms with Crippen LogP contribution in [0.5, 0.6) is 5.88 Å². The minimum Gasteiger partial charge on any atom is -0.475 e. The van der Waals surface area contributed by atoms with Crippen LogP contribution in [0.1, 0.15) is 25.5 Å². The van der Waals surface area contributed by atoms with Crippen molar-refractivity contribution in [2.75, 3.05) is 26.4 Å². The average Bonchev–Trinajstić information content (AvgIpc) is 2.38. The number of hydrogen-bond acceptors (Lipinski definition) is 4. The maximum Gasteiger partial charge on any atom is 0.213 e. The fraction of sp³-hybridized carbons (Fsp3) is 0.615. The zero-order chi connectivity index (χ0) is 12.1. The van der Waals surface area contributed by atoms with Crippen molar-refractivity contribution in [3.05, 3.63) is 23.9 Å². The summed E-state index contributed by atoms with van der Waals surface area (Å²) >= 11 is 0. The summed E-state index contributed by atoms with van der Waals surface area (Å²) in [5.41, 5.74) is 1.04.